The van der Waals surface area contributed by atoms with E-state index in [4.69, 9.17) is 0 Å². The van der Waals surface area contributed by atoms with Gasteiger partial charge >= 0.3 is 77.9 Å². The summed E-state index contributed by atoms with van der Waals surface area (Å²) in [5, 5.41) is 0. The first-order chi connectivity index (χ1) is 0. The standard InChI is InChI=1S/Au.Bi.Pb.Sb.8H. The van der Waals surface area contributed by atoms with Gasteiger partial charge in [-0.25, -0.2) is 0 Å². The SMILES string of the molecule is [Au].[BiH3].[PbH2].[SbH3]. The zero-order valence-electron chi connectivity index (χ0n) is 2.42. The van der Waals surface area contributed by atoms with Crippen LogP contribution < -0.4 is 0 Å². The summed E-state index contributed by atoms with van der Waals surface area (Å²) in [7, 11) is 0. The van der Waals surface area contributed by atoms with Gasteiger partial charge in [0.05, 0.1) is 0 Å². The second-order valence-corrected chi connectivity index (χ2v) is 0. The van der Waals surface area contributed by atoms with Crippen molar-refractivity contribution in [2.75, 3.05) is 0 Å². The van der Waals surface area contributed by atoms with Crippen LogP contribution in [0.1, 0.15) is 0 Å². The molecule has 33 valence electrons. The van der Waals surface area contributed by atoms with Crippen LogP contribution in [0.4, 0.5) is 0 Å². The molecule has 0 aliphatic rings. The van der Waals surface area contributed by atoms with Gasteiger partial charge in [-0.1, -0.05) is 0 Å². The van der Waals surface area contributed by atoms with Crippen molar-refractivity contribution >= 4 is 77.9 Å². The van der Waals surface area contributed by atoms with E-state index in [-0.39, 0.29) is 100 Å². The molecule has 0 aromatic heterocycles. The van der Waals surface area contributed by atoms with E-state index in [2.05, 4.69) is 0 Å². The molecule has 0 saturated carbocycles. The average Bonchev–Trinajstić information content (AvgIpc) is 0. The Bertz CT molecular complexity index is 8.00. The van der Waals surface area contributed by atoms with Gasteiger partial charge in [-0.05, 0) is 0 Å². The van der Waals surface area contributed by atoms with Crippen LogP contribution in [-0.4, -0.2) is 77.9 Å². The van der Waals surface area contributed by atoms with Crippen LogP contribution in [-0.2, 0) is 22.4 Å². The van der Waals surface area contributed by atoms with E-state index in [0.717, 1.165) is 0 Å². The second-order valence-electron chi connectivity index (χ2n) is 0. The van der Waals surface area contributed by atoms with E-state index < -0.39 is 0 Å². The first kappa shape index (κ1) is 26.4. The molecule has 3 radical (unpaired) electrons. The van der Waals surface area contributed by atoms with Gasteiger partial charge in [0, 0.05) is 22.4 Å². The molecule has 0 spiro atoms. The Balaban J connectivity index is 0. The molecule has 4 heteroatoms. The third-order valence-electron chi connectivity index (χ3n) is 0. The molecular weight excluding hydrogens is 735 g/mol. The summed E-state index contributed by atoms with van der Waals surface area (Å²) in [5.41, 5.74) is 0. The van der Waals surface area contributed by atoms with Crippen molar-refractivity contribution in [1.29, 1.82) is 0 Å². The van der Waals surface area contributed by atoms with Gasteiger partial charge in [-0.2, -0.15) is 0 Å². The summed E-state index contributed by atoms with van der Waals surface area (Å²) in [6, 6.07) is 0. The molecule has 0 rings (SSSR count). The first-order valence-corrected chi connectivity index (χ1v) is 0. The van der Waals surface area contributed by atoms with Crippen LogP contribution in [0.15, 0.2) is 0 Å². The van der Waals surface area contributed by atoms with E-state index in [0.29, 0.717) is 0 Å². The van der Waals surface area contributed by atoms with Crippen LogP contribution in [0.25, 0.3) is 0 Å². The molecule has 4 heavy (non-hydrogen) atoms. The van der Waals surface area contributed by atoms with Crippen LogP contribution >= 0.6 is 0 Å². The molecule has 0 aromatic rings. The van der Waals surface area contributed by atoms with Gasteiger partial charge in [-0.15, -0.1) is 0 Å². The van der Waals surface area contributed by atoms with Gasteiger partial charge in [0.2, 0.25) is 0 Å². The van der Waals surface area contributed by atoms with Crippen molar-refractivity contribution in [3.05, 3.63) is 0 Å². The molecule has 0 atom stereocenters. The minimum atomic E-state index is 0. The van der Waals surface area contributed by atoms with Crippen molar-refractivity contribution < 1.29 is 22.4 Å². The molecule has 0 aliphatic carbocycles. The number of hydrogen-bond donors (Lipinski definition) is 0. The van der Waals surface area contributed by atoms with Crippen molar-refractivity contribution in [3.8, 4) is 0 Å². The Morgan fingerprint density at radius 2 is 1.00 bits per heavy atom. The topological polar surface area (TPSA) is 0 Å². The maximum absolute atomic E-state index is 0. The minimum absolute atomic E-state index is 0. The number of hydrogen-bond acceptors (Lipinski definition) is 0. The summed E-state index contributed by atoms with van der Waals surface area (Å²) >= 11 is 0. The van der Waals surface area contributed by atoms with Crippen molar-refractivity contribution in [1.82, 2.24) is 0 Å². The van der Waals surface area contributed by atoms with Crippen LogP contribution in [0.5, 0.6) is 0 Å². The molecular formula is H8AuBiPbSb. The number of rotatable bonds is 0. The second kappa shape index (κ2) is 16.2. The predicted molar refractivity (Wildman–Crippen MR) is 28.4 cm³/mol. The molecule has 0 heterocycles. The average molecular weight is 743 g/mol. The van der Waals surface area contributed by atoms with E-state index >= 15 is 0 Å². The Morgan fingerprint density at radius 3 is 1.00 bits per heavy atom. The Morgan fingerprint density at radius 1 is 1.00 bits per heavy atom. The zero-order chi connectivity index (χ0) is 0. The molecule has 0 aliphatic heterocycles. The van der Waals surface area contributed by atoms with Gasteiger partial charge < -0.3 is 0 Å². The fourth-order valence-corrected chi connectivity index (χ4v) is 0. The van der Waals surface area contributed by atoms with Gasteiger partial charge in [0.15, 0.2) is 0 Å². The Labute approximate surface area is 98.1 Å². The summed E-state index contributed by atoms with van der Waals surface area (Å²) in [5.74, 6) is 0. The fraction of sp³-hybridized carbons (Fsp3) is 0. The maximum atomic E-state index is 0. The molecule has 0 unspecified atom stereocenters. The molecule has 0 bridgehead atoms. The van der Waals surface area contributed by atoms with Crippen LogP contribution in [0.3, 0.4) is 0 Å². The van der Waals surface area contributed by atoms with Crippen molar-refractivity contribution in [2.24, 2.45) is 0 Å². The third-order valence-corrected chi connectivity index (χ3v) is 0. The van der Waals surface area contributed by atoms with Gasteiger partial charge in [0.25, 0.3) is 0 Å². The van der Waals surface area contributed by atoms with Crippen LogP contribution in [0.2, 0.25) is 0 Å². The van der Waals surface area contributed by atoms with E-state index in [1.165, 1.54) is 0 Å². The quantitative estimate of drug-likeness (QED) is 0.229. The molecule has 0 N–H and O–H groups in total. The van der Waals surface area contributed by atoms with E-state index in [1.54, 1.807) is 0 Å². The molecule has 0 saturated heterocycles. The Kier molecular flexibility index (Phi) is 107. The van der Waals surface area contributed by atoms with E-state index in [1.807, 2.05) is 0 Å². The Hall–Kier alpha value is 3.36. The predicted octanol–water partition coefficient (Wildman–Crippen LogP) is -3.29. The van der Waals surface area contributed by atoms with Gasteiger partial charge in [0.1, 0.15) is 0 Å². The summed E-state index contributed by atoms with van der Waals surface area (Å²) in [6.45, 7) is 0. The molecule has 0 fully saturated rings. The monoisotopic (exact) mass is 743 g/mol. The van der Waals surface area contributed by atoms with Crippen LogP contribution in [0, 0.1) is 0 Å². The molecule has 0 nitrogen and oxygen atoms in total. The van der Waals surface area contributed by atoms with Gasteiger partial charge in [-0.3, -0.25) is 0 Å². The first-order valence-electron chi connectivity index (χ1n) is 0. The summed E-state index contributed by atoms with van der Waals surface area (Å²) < 4.78 is 0. The normalized spacial score (nSPS) is 0. The molecule has 0 amide bonds. The zero-order valence-corrected chi connectivity index (χ0v) is 19.6. The van der Waals surface area contributed by atoms with Crippen molar-refractivity contribution in [2.45, 2.75) is 0 Å². The molecule has 0 aromatic carbocycles. The fourth-order valence-electron chi connectivity index (χ4n) is 0. The van der Waals surface area contributed by atoms with Crippen molar-refractivity contribution in [3.63, 3.8) is 0 Å². The summed E-state index contributed by atoms with van der Waals surface area (Å²) in [6.07, 6.45) is 0. The van der Waals surface area contributed by atoms with E-state index in [9.17, 15) is 0 Å². The third kappa shape index (κ3) is 9.03. The summed E-state index contributed by atoms with van der Waals surface area (Å²) in [4.78, 5) is 0.